The van der Waals surface area contributed by atoms with Crippen LogP contribution in [0.3, 0.4) is 0 Å². The molecule has 0 radical (unpaired) electrons. The van der Waals surface area contributed by atoms with Crippen molar-refractivity contribution in [3.05, 3.63) is 65.2 Å². The second kappa shape index (κ2) is 6.25. The highest BCUT2D eigenvalue weighted by Crippen LogP contribution is 2.20. The zero-order chi connectivity index (χ0) is 13.7. The Kier molecular flexibility index (Phi) is 4.42. The molecule has 2 amide bonds. The zero-order valence-electron chi connectivity index (χ0n) is 10.6. The van der Waals surface area contributed by atoms with Crippen LogP contribution in [0.4, 0.5) is 10.5 Å². The van der Waals surface area contributed by atoms with Crippen molar-refractivity contribution in [3.8, 4) is 0 Å². The van der Waals surface area contributed by atoms with Crippen LogP contribution in [0.15, 0.2) is 54.6 Å². The van der Waals surface area contributed by atoms with E-state index >= 15 is 0 Å². The number of halogens is 1. The molecule has 3 nitrogen and oxygen atoms in total. The van der Waals surface area contributed by atoms with Crippen molar-refractivity contribution < 1.29 is 4.79 Å². The maximum atomic E-state index is 11.9. The van der Waals surface area contributed by atoms with Crippen molar-refractivity contribution in [3.63, 3.8) is 0 Å². The lowest BCUT2D eigenvalue weighted by Gasteiger charge is -2.15. The summed E-state index contributed by atoms with van der Waals surface area (Å²) in [6.45, 7) is 1.93. The second-order valence-corrected chi connectivity index (χ2v) is 4.62. The van der Waals surface area contributed by atoms with Crippen LogP contribution in [0.5, 0.6) is 0 Å². The minimum Gasteiger partial charge on any atom is -0.331 e. The number of rotatable bonds is 3. The number of carbonyl (C=O) groups excluding carboxylic acids is 1. The van der Waals surface area contributed by atoms with E-state index in [2.05, 4.69) is 10.6 Å². The molecule has 0 aromatic heterocycles. The minimum atomic E-state index is -0.274. The lowest BCUT2D eigenvalue weighted by atomic mass is 10.1. The van der Waals surface area contributed by atoms with E-state index in [1.807, 2.05) is 49.4 Å². The molecular weight excluding hydrogens is 260 g/mol. The number of benzene rings is 2. The molecule has 19 heavy (non-hydrogen) atoms. The zero-order valence-corrected chi connectivity index (χ0v) is 11.3. The van der Waals surface area contributed by atoms with Crippen molar-refractivity contribution in [1.29, 1.82) is 0 Å². The summed E-state index contributed by atoms with van der Waals surface area (Å²) in [4.78, 5) is 11.9. The predicted molar refractivity (Wildman–Crippen MR) is 78.5 cm³/mol. The Bertz CT molecular complexity index is 557. The van der Waals surface area contributed by atoms with Crippen LogP contribution < -0.4 is 10.6 Å². The molecule has 0 aliphatic carbocycles. The molecule has 0 aliphatic heterocycles. The lowest BCUT2D eigenvalue weighted by Crippen LogP contribution is -2.31. The smallest absolute Gasteiger partial charge is 0.319 e. The van der Waals surface area contributed by atoms with Crippen LogP contribution in [0.2, 0.25) is 5.02 Å². The first kappa shape index (κ1) is 13.4. The van der Waals surface area contributed by atoms with E-state index in [0.717, 1.165) is 5.56 Å². The van der Waals surface area contributed by atoms with Gasteiger partial charge >= 0.3 is 6.03 Å². The molecule has 0 aliphatic rings. The largest absolute Gasteiger partial charge is 0.331 e. The molecular formula is C15H15ClN2O. The Morgan fingerprint density at radius 1 is 1.05 bits per heavy atom. The molecule has 0 spiro atoms. The van der Waals surface area contributed by atoms with Gasteiger partial charge in [-0.05, 0) is 24.6 Å². The van der Waals surface area contributed by atoms with Gasteiger partial charge in [-0.1, -0.05) is 54.1 Å². The summed E-state index contributed by atoms with van der Waals surface area (Å²) in [5.74, 6) is 0. The fourth-order valence-electron chi connectivity index (χ4n) is 1.74. The van der Waals surface area contributed by atoms with Gasteiger partial charge < -0.3 is 10.6 Å². The van der Waals surface area contributed by atoms with Crippen LogP contribution in [0.25, 0.3) is 0 Å². The van der Waals surface area contributed by atoms with E-state index < -0.39 is 0 Å². The Balaban J connectivity index is 1.97. The Labute approximate surface area is 117 Å². The number of hydrogen-bond donors (Lipinski definition) is 2. The van der Waals surface area contributed by atoms with Gasteiger partial charge in [0.05, 0.1) is 16.8 Å². The van der Waals surface area contributed by atoms with Gasteiger partial charge in [-0.2, -0.15) is 0 Å². The van der Waals surface area contributed by atoms with Crippen molar-refractivity contribution in [2.75, 3.05) is 5.32 Å². The normalized spacial score (nSPS) is 11.7. The first-order chi connectivity index (χ1) is 9.16. The summed E-state index contributed by atoms with van der Waals surface area (Å²) >= 11 is 5.98. The highest BCUT2D eigenvalue weighted by atomic mass is 35.5. The molecule has 98 valence electrons. The highest BCUT2D eigenvalue weighted by molar-refractivity contribution is 6.33. The summed E-state index contributed by atoms with van der Waals surface area (Å²) in [5, 5.41) is 6.11. The van der Waals surface area contributed by atoms with E-state index in [1.54, 1.807) is 12.1 Å². The number of amides is 2. The highest BCUT2D eigenvalue weighted by Gasteiger charge is 2.10. The molecule has 0 saturated heterocycles. The molecule has 2 aromatic carbocycles. The quantitative estimate of drug-likeness (QED) is 0.864. The minimum absolute atomic E-state index is 0.0660. The van der Waals surface area contributed by atoms with Crippen LogP contribution >= 0.6 is 11.6 Å². The molecule has 2 aromatic rings. The van der Waals surface area contributed by atoms with Crippen LogP contribution in [0, 0.1) is 0 Å². The van der Waals surface area contributed by atoms with Gasteiger partial charge in [-0.15, -0.1) is 0 Å². The molecule has 0 bridgehead atoms. The van der Waals surface area contributed by atoms with Crippen LogP contribution in [0.1, 0.15) is 18.5 Å². The monoisotopic (exact) mass is 274 g/mol. The third kappa shape index (κ3) is 3.73. The second-order valence-electron chi connectivity index (χ2n) is 4.21. The molecule has 0 fully saturated rings. The fourth-order valence-corrected chi connectivity index (χ4v) is 1.93. The van der Waals surface area contributed by atoms with E-state index in [4.69, 9.17) is 11.6 Å². The van der Waals surface area contributed by atoms with Crippen molar-refractivity contribution >= 4 is 23.3 Å². The molecule has 2 rings (SSSR count). The fraction of sp³-hybridized carbons (Fsp3) is 0.133. The number of carbonyl (C=O) groups is 1. The molecule has 0 saturated carbocycles. The molecule has 4 heteroatoms. The Morgan fingerprint density at radius 3 is 2.37 bits per heavy atom. The van der Waals surface area contributed by atoms with Crippen LogP contribution in [-0.2, 0) is 0 Å². The molecule has 1 atom stereocenters. The van der Waals surface area contributed by atoms with Gasteiger partial charge in [-0.25, -0.2) is 4.79 Å². The van der Waals surface area contributed by atoms with E-state index in [1.165, 1.54) is 0 Å². The average Bonchev–Trinajstić information content (AvgIpc) is 2.42. The topological polar surface area (TPSA) is 41.1 Å². The summed E-state index contributed by atoms with van der Waals surface area (Å²) in [5.41, 5.74) is 1.65. The van der Waals surface area contributed by atoms with Gasteiger partial charge in [-0.3, -0.25) is 0 Å². The lowest BCUT2D eigenvalue weighted by molar-refractivity contribution is 0.249. The van der Waals surface area contributed by atoms with E-state index in [-0.39, 0.29) is 12.1 Å². The van der Waals surface area contributed by atoms with Crippen molar-refractivity contribution in [2.45, 2.75) is 13.0 Å². The number of nitrogens with one attached hydrogen (secondary N) is 2. The van der Waals surface area contributed by atoms with E-state index in [0.29, 0.717) is 10.7 Å². The first-order valence-electron chi connectivity index (χ1n) is 6.04. The van der Waals surface area contributed by atoms with E-state index in [9.17, 15) is 4.79 Å². The summed E-state index contributed by atoms with van der Waals surface area (Å²) < 4.78 is 0. The van der Waals surface area contributed by atoms with Crippen molar-refractivity contribution in [2.24, 2.45) is 0 Å². The standard InChI is InChI=1S/C15H15ClN2O/c1-11(12-7-3-2-4-8-12)17-15(19)18-14-10-6-5-9-13(14)16/h2-11H,1H3,(H2,17,18,19)/t11-/m0/s1. The number of anilines is 1. The Hall–Kier alpha value is -2.00. The first-order valence-corrected chi connectivity index (χ1v) is 6.41. The molecule has 0 unspecified atom stereocenters. The summed E-state index contributed by atoms with van der Waals surface area (Å²) in [7, 11) is 0. The maximum Gasteiger partial charge on any atom is 0.319 e. The third-order valence-electron chi connectivity index (χ3n) is 2.77. The van der Waals surface area contributed by atoms with Crippen molar-refractivity contribution in [1.82, 2.24) is 5.32 Å². The van der Waals surface area contributed by atoms with Gasteiger partial charge in [0.15, 0.2) is 0 Å². The SMILES string of the molecule is C[C@H](NC(=O)Nc1ccccc1Cl)c1ccccc1. The molecule has 2 N–H and O–H groups in total. The number of urea groups is 1. The van der Waals surface area contributed by atoms with Gasteiger partial charge in [0.1, 0.15) is 0 Å². The predicted octanol–water partition coefficient (Wildman–Crippen LogP) is 4.22. The summed E-state index contributed by atoms with van der Waals surface area (Å²) in [6, 6.07) is 16.6. The van der Waals surface area contributed by atoms with Gasteiger partial charge in [0, 0.05) is 0 Å². The summed E-state index contributed by atoms with van der Waals surface area (Å²) in [6.07, 6.45) is 0. The van der Waals surface area contributed by atoms with Crippen LogP contribution in [-0.4, -0.2) is 6.03 Å². The number of para-hydroxylation sites is 1. The third-order valence-corrected chi connectivity index (χ3v) is 3.10. The molecule has 0 heterocycles. The van der Waals surface area contributed by atoms with Gasteiger partial charge in [0.2, 0.25) is 0 Å². The average molecular weight is 275 g/mol. The number of hydrogen-bond acceptors (Lipinski definition) is 1. The Morgan fingerprint density at radius 2 is 1.68 bits per heavy atom. The maximum absolute atomic E-state index is 11.9. The van der Waals surface area contributed by atoms with Gasteiger partial charge in [0.25, 0.3) is 0 Å².